The minimum atomic E-state index is -0.588. The van der Waals surface area contributed by atoms with Crippen LogP contribution < -0.4 is 10.1 Å². The van der Waals surface area contributed by atoms with Crippen LogP contribution in [0, 0.1) is 5.41 Å². The zero-order valence-electron chi connectivity index (χ0n) is 18.9. The van der Waals surface area contributed by atoms with E-state index in [1.54, 1.807) is 0 Å². The number of nitrogens with one attached hydrogen (secondary N) is 1. The van der Waals surface area contributed by atoms with Gasteiger partial charge < -0.3 is 15.2 Å². The molecule has 0 saturated heterocycles. The highest BCUT2D eigenvalue weighted by Gasteiger charge is 2.52. The summed E-state index contributed by atoms with van der Waals surface area (Å²) in [4.78, 5) is 11.6. The molecule has 2 N–H and O–H groups in total. The van der Waals surface area contributed by atoms with Gasteiger partial charge in [0.05, 0.1) is 12.0 Å². The third-order valence-electron chi connectivity index (χ3n) is 7.76. The number of unbranched alkanes of at least 4 members (excludes halogenated alkanes) is 4. The minimum absolute atomic E-state index is 0.126. The van der Waals surface area contributed by atoms with Crippen molar-refractivity contribution in [1.29, 1.82) is 0 Å². The molecule has 3 saturated carbocycles. The lowest BCUT2D eigenvalue weighted by molar-refractivity contribution is -0.156. The fourth-order valence-electron chi connectivity index (χ4n) is 5.43. The summed E-state index contributed by atoms with van der Waals surface area (Å²) < 4.78 is 5.95. The zero-order valence-corrected chi connectivity index (χ0v) is 18.9. The van der Waals surface area contributed by atoms with Crippen LogP contribution in [-0.2, 0) is 11.3 Å². The Bertz CT molecular complexity index is 882. The van der Waals surface area contributed by atoms with Crippen LogP contribution in [0.4, 0.5) is 0 Å². The molecule has 0 amide bonds. The Morgan fingerprint density at radius 2 is 1.61 bits per heavy atom. The van der Waals surface area contributed by atoms with Crippen molar-refractivity contribution in [3.63, 3.8) is 0 Å². The number of rotatable bonds is 11. The number of hydrogen-bond acceptors (Lipinski definition) is 3. The Kier molecular flexibility index (Phi) is 6.86. The molecule has 2 aromatic rings. The van der Waals surface area contributed by atoms with Gasteiger partial charge in [0, 0.05) is 12.1 Å². The van der Waals surface area contributed by atoms with Gasteiger partial charge >= 0.3 is 5.97 Å². The Labute approximate surface area is 186 Å². The third kappa shape index (κ3) is 5.06. The van der Waals surface area contributed by atoms with Gasteiger partial charge in [-0.15, -0.1) is 0 Å². The van der Waals surface area contributed by atoms with Crippen LogP contribution in [0.2, 0.25) is 0 Å². The Morgan fingerprint density at radius 3 is 2.32 bits per heavy atom. The zero-order chi connectivity index (χ0) is 21.7. The standard InChI is InChI=1S/C27H37NO3/c1-2-3-4-5-6-17-31-24-10-9-22-18-21(7-8-23(22)19-24)20-28-27-14-11-26(12-15-27,13-16-27)25(29)30/h7-10,18-19,28H,2-6,11-17,20H2,1H3,(H,29,30). The maximum atomic E-state index is 11.6. The molecule has 3 aliphatic rings. The smallest absolute Gasteiger partial charge is 0.309 e. The molecule has 31 heavy (non-hydrogen) atoms. The van der Waals surface area contributed by atoms with Gasteiger partial charge in [0.1, 0.15) is 5.75 Å². The van der Waals surface area contributed by atoms with Gasteiger partial charge in [0.25, 0.3) is 0 Å². The average molecular weight is 424 g/mol. The van der Waals surface area contributed by atoms with Crippen molar-refractivity contribution < 1.29 is 14.6 Å². The van der Waals surface area contributed by atoms with Crippen LogP contribution in [0.25, 0.3) is 10.8 Å². The van der Waals surface area contributed by atoms with E-state index in [0.29, 0.717) is 0 Å². The highest BCUT2D eigenvalue weighted by Crippen LogP contribution is 2.52. The first-order valence-corrected chi connectivity index (χ1v) is 12.2. The molecular formula is C27H37NO3. The van der Waals surface area contributed by atoms with Crippen LogP contribution in [0.3, 0.4) is 0 Å². The highest BCUT2D eigenvalue weighted by atomic mass is 16.5. The van der Waals surface area contributed by atoms with Gasteiger partial charge in [-0.1, -0.05) is 50.8 Å². The van der Waals surface area contributed by atoms with Gasteiger partial charge in [-0.3, -0.25) is 4.79 Å². The van der Waals surface area contributed by atoms with E-state index in [-0.39, 0.29) is 5.54 Å². The van der Waals surface area contributed by atoms with Gasteiger partial charge in [-0.05, 0) is 79.5 Å². The molecule has 4 nitrogen and oxygen atoms in total. The van der Waals surface area contributed by atoms with E-state index in [9.17, 15) is 9.90 Å². The number of benzene rings is 2. The lowest BCUT2D eigenvalue weighted by atomic mass is 9.57. The lowest BCUT2D eigenvalue weighted by Crippen LogP contribution is -2.56. The van der Waals surface area contributed by atoms with Crippen molar-refractivity contribution in [2.75, 3.05) is 6.61 Å². The fraction of sp³-hybridized carbons (Fsp3) is 0.593. The molecular weight excluding hydrogens is 386 g/mol. The van der Waals surface area contributed by atoms with E-state index >= 15 is 0 Å². The summed E-state index contributed by atoms with van der Waals surface area (Å²) in [7, 11) is 0. The second-order valence-electron chi connectivity index (χ2n) is 9.83. The molecule has 0 atom stereocenters. The first-order valence-electron chi connectivity index (χ1n) is 12.2. The van der Waals surface area contributed by atoms with Gasteiger partial charge in [0.2, 0.25) is 0 Å². The maximum absolute atomic E-state index is 11.6. The van der Waals surface area contributed by atoms with E-state index in [0.717, 1.165) is 63.8 Å². The van der Waals surface area contributed by atoms with Crippen LogP contribution in [-0.4, -0.2) is 23.2 Å². The normalized spacial score (nSPS) is 25.1. The molecule has 0 spiro atoms. The second-order valence-corrected chi connectivity index (χ2v) is 9.83. The molecule has 5 rings (SSSR count). The first-order chi connectivity index (χ1) is 15.0. The van der Waals surface area contributed by atoms with Gasteiger partial charge in [-0.25, -0.2) is 0 Å². The van der Waals surface area contributed by atoms with E-state index < -0.39 is 11.4 Å². The van der Waals surface area contributed by atoms with E-state index in [2.05, 4.69) is 48.6 Å². The number of aliphatic carboxylic acids is 1. The molecule has 3 fully saturated rings. The lowest BCUT2D eigenvalue weighted by Gasteiger charge is -2.51. The summed E-state index contributed by atoms with van der Waals surface area (Å²) >= 11 is 0. The molecule has 0 unspecified atom stereocenters. The van der Waals surface area contributed by atoms with Crippen LogP contribution in [0.15, 0.2) is 36.4 Å². The molecule has 2 bridgehead atoms. The quantitative estimate of drug-likeness (QED) is 0.407. The molecule has 0 aliphatic heterocycles. The van der Waals surface area contributed by atoms with E-state index in [1.165, 1.54) is 42.0 Å². The highest BCUT2D eigenvalue weighted by molar-refractivity contribution is 5.84. The predicted octanol–water partition coefficient (Wildman–Crippen LogP) is 6.46. The number of ether oxygens (including phenoxy) is 1. The summed E-state index contributed by atoms with van der Waals surface area (Å²) in [6, 6.07) is 13.0. The van der Waals surface area contributed by atoms with Crippen molar-refractivity contribution in [1.82, 2.24) is 5.32 Å². The largest absolute Gasteiger partial charge is 0.494 e. The van der Waals surface area contributed by atoms with Gasteiger partial charge in [-0.2, -0.15) is 0 Å². The van der Waals surface area contributed by atoms with Gasteiger partial charge in [0.15, 0.2) is 0 Å². The Balaban J connectivity index is 1.30. The molecule has 0 radical (unpaired) electrons. The summed E-state index contributed by atoms with van der Waals surface area (Å²) in [5.41, 5.74) is 0.968. The van der Waals surface area contributed by atoms with Crippen molar-refractivity contribution in [2.45, 2.75) is 89.6 Å². The average Bonchev–Trinajstić information content (AvgIpc) is 2.81. The van der Waals surface area contributed by atoms with Crippen molar-refractivity contribution in [3.8, 4) is 5.75 Å². The van der Waals surface area contributed by atoms with Crippen molar-refractivity contribution >= 4 is 16.7 Å². The summed E-state index contributed by atoms with van der Waals surface area (Å²) in [5, 5.41) is 15.8. The molecule has 4 heteroatoms. The second kappa shape index (κ2) is 9.60. The monoisotopic (exact) mass is 423 g/mol. The maximum Gasteiger partial charge on any atom is 0.309 e. The third-order valence-corrected chi connectivity index (χ3v) is 7.76. The SMILES string of the molecule is CCCCCCCOc1ccc2cc(CNC34CCC(C(=O)O)(CC3)CC4)ccc2c1. The van der Waals surface area contributed by atoms with E-state index in [4.69, 9.17) is 4.74 Å². The minimum Gasteiger partial charge on any atom is -0.494 e. The topological polar surface area (TPSA) is 58.6 Å². The summed E-state index contributed by atoms with van der Waals surface area (Å²) in [5.74, 6) is 0.370. The van der Waals surface area contributed by atoms with Crippen LogP contribution in [0.1, 0.15) is 83.1 Å². The van der Waals surface area contributed by atoms with Crippen molar-refractivity contribution in [2.24, 2.45) is 5.41 Å². The Morgan fingerprint density at radius 1 is 0.935 bits per heavy atom. The molecule has 0 heterocycles. The molecule has 2 aromatic carbocycles. The van der Waals surface area contributed by atoms with Crippen molar-refractivity contribution in [3.05, 3.63) is 42.0 Å². The number of fused-ring (bicyclic) bond motifs is 4. The van der Waals surface area contributed by atoms with E-state index in [1.807, 2.05) is 0 Å². The number of carboxylic acid groups (broad SMARTS) is 1. The fourth-order valence-corrected chi connectivity index (χ4v) is 5.43. The summed E-state index contributed by atoms with van der Waals surface area (Å²) in [6.45, 7) is 3.87. The molecule has 3 aliphatic carbocycles. The molecule has 168 valence electrons. The summed E-state index contributed by atoms with van der Waals surface area (Å²) in [6.07, 6.45) is 11.6. The number of carboxylic acids is 1. The predicted molar refractivity (Wildman–Crippen MR) is 126 cm³/mol. The van der Waals surface area contributed by atoms with Crippen LogP contribution in [0.5, 0.6) is 5.75 Å². The van der Waals surface area contributed by atoms with Crippen LogP contribution >= 0.6 is 0 Å². The molecule has 0 aromatic heterocycles. The Hall–Kier alpha value is -2.07. The first kappa shape index (κ1) is 22.1. The number of carbonyl (C=O) groups is 1. The number of hydrogen-bond donors (Lipinski definition) is 2.